The molecule has 1 N–H and O–H groups in total. The van der Waals surface area contributed by atoms with Crippen LogP contribution in [0.3, 0.4) is 0 Å². The van der Waals surface area contributed by atoms with Crippen LogP contribution >= 0.6 is 12.6 Å². The van der Waals surface area contributed by atoms with Gasteiger partial charge in [0.25, 0.3) is 0 Å². The summed E-state index contributed by atoms with van der Waals surface area (Å²) in [5, 5.41) is 9.24. The number of imidazole rings is 1. The Morgan fingerprint density at radius 2 is 2.11 bits per heavy atom. The van der Waals surface area contributed by atoms with E-state index in [1.807, 2.05) is 24.5 Å². The van der Waals surface area contributed by atoms with E-state index in [2.05, 4.69) is 40.9 Å². The van der Waals surface area contributed by atoms with Crippen molar-refractivity contribution >= 4 is 29.8 Å². The Morgan fingerprint density at radius 3 is 2.75 bits per heavy atom. The van der Waals surface area contributed by atoms with Gasteiger partial charge in [-0.3, -0.25) is 4.90 Å². The van der Waals surface area contributed by atoms with E-state index in [9.17, 15) is 9.90 Å². The molecule has 0 radical (unpaired) electrons. The average molecular weight is 398 g/mol. The Kier molecular flexibility index (Phi) is 7.84. The lowest BCUT2D eigenvalue weighted by atomic mass is 9.81. The molecule has 148 valence electrons. The predicted octanol–water partition coefficient (Wildman–Crippen LogP) is 4.13. The third-order valence-corrected chi connectivity index (χ3v) is 5.36. The van der Waals surface area contributed by atoms with E-state index >= 15 is 0 Å². The number of carboxylic acid groups (broad SMARTS) is 1. The first-order chi connectivity index (χ1) is 13.4. The van der Waals surface area contributed by atoms with Crippen molar-refractivity contribution < 1.29 is 9.90 Å². The smallest absolute Gasteiger partial charge is 0.408 e. The highest BCUT2D eigenvalue weighted by atomic mass is 32.1. The second kappa shape index (κ2) is 10.1. The molecule has 0 saturated heterocycles. The molecule has 1 unspecified atom stereocenters. The minimum Gasteiger partial charge on any atom is -0.465 e. The lowest BCUT2D eigenvalue weighted by Crippen LogP contribution is -2.32. The number of hydrogen-bond acceptors (Lipinski definition) is 3. The summed E-state index contributed by atoms with van der Waals surface area (Å²) < 4.78 is 2.14. The molecule has 0 aliphatic heterocycles. The zero-order valence-corrected chi connectivity index (χ0v) is 17.2. The van der Waals surface area contributed by atoms with Crippen LogP contribution in [0.4, 0.5) is 4.79 Å². The minimum absolute atomic E-state index is 0.0111. The maximum absolute atomic E-state index is 11.3. The van der Waals surface area contributed by atoms with Crippen LogP contribution in [0.15, 0.2) is 24.5 Å². The number of benzene rings is 1. The van der Waals surface area contributed by atoms with E-state index in [0.717, 1.165) is 54.6 Å². The maximum atomic E-state index is 11.3. The summed E-state index contributed by atoms with van der Waals surface area (Å²) in [6.45, 7) is 3.57. The van der Waals surface area contributed by atoms with Gasteiger partial charge in [-0.25, -0.2) is 9.78 Å². The van der Waals surface area contributed by atoms with Crippen molar-refractivity contribution in [1.29, 1.82) is 0 Å². The number of carbonyl (C=O) groups is 1. The Morgan fingerprint density at radius 1 is 1.36 bits per heavy atom. The summed E-state index contributed by atoms with van der Waals surface area (Å²) in [5.41, 5.74) is 2.76. The minimum atomic E-state index is -0.975. The van der Waals surface area contributed by atoms with Gasteiger partial charge in [0.05, 0.1) is 23.9 Å². The summed E-state index contributed by atoms with van der Waals surface area (Å²) >= 11 is 4.36. The maximum Gasteiger partial charge on any atom is 0.408 e. The van der Waals surface area contributed by atoms with Gasteiger partial charge in [0.2, 0.25) is 0 Å². The number of terminal acetylenes is 2. The Bertz CT molecular complexity index is 893. The number of thiol groups is 1. The van der Waals surface area contributed by atoms with Crippen LogP contribution < -0.4 is 0 Å². The van der Waals surface area contributed by atoms with Crippen molar-refractivity contribution in [3.63, 3.8) is 0 Å². The Hall–Kier alpha value is -2.57. The topological polar surface area (TPSA) is 58.4 Å². The zero-order valence-electron chi connectivity index (χ0n) is 16.3. The monoisotopic (exact) mass is 397 g/mol. The predicted molar refractivity (Wildman–Crippen MR) is 117 cm³/mol. The van der Waals surface area contributed by atoms with Crippen molar-refractivity contribution in [2.75, 3.05) is 18.8 Å². The molecule has 2 aromatic rings. The summed E-state index contributed by atoms with van der Waals surface area (Å²) in [4.78, 5) is 17.0. The molecule has 0 aliphatic rings. The zero-order chi connectivity index (χ0) is 20.6. The molecule has 1 aromatic carbocycles. The van der Waals surface area contributed by atoms with E-state index in [1.165, 1.54) is 4.90 Å². The second-order valence-electron chi connectivity index (χ2n) is 7.37. The number of rotatable bonds is 10. The van der Waals surface area contributed by atoms with Crippen LogP contribution in [0, 0.1) is 30.1 Å². The lowest BCUT2D eigenvalue weighted by Gasteiger charge is -2.31. The van der Waals surface area contributed by atoms with Gasteiger partial charge in [0, 0.05) is 18.7 Å². The van der Waals surface area contributed by atoms with Crippen LogP contribution in [-0.4, -0.2) is 44.5 Å². The fourth-order valence-corrected chi connectivity index (χ4v) is 3.68. The van der Waals surface area contributed by atoms with Crippen LogP contribution in [0.25, 0.3) is 11.0 Å². The number of amides is 1. The Labute approximate surface area is 172 Å². The molecule has 1 aromatic heterocycles. The first-order valence-corrected chi connectivity index (χ1v) is 9.99. The van der Waals surface area contributed by atoms with Gasteiger partial charge in [0.1, 0.15) is 0 Å². The number of fused-ring (bicyclic) bond motifs is 1. The third kappa shape index (κ3) is 5.71. The highest BCUT2D eigenvalue weighted by molar-refractivity contribution is 7.80. The molecule has 2 rings (SSSR count). The van der Waals surface area contributed by atoms with E-state index in [1.54, 1.807) is 0 Å². The molecule has 1 amide bonds. The van der Waals surface area contributed by atoms with Crippen molar-refractivity contribution in [2.45, 2.75) is 39.2 Å². The second-order valence-corrected chi connectivity index (χ2v) is 7.82. The average Bonchev–Trinajstić information content (AvgIpc) is 3.07. The fraction of sp³-hybridized carbons (Fsp3) is 0.455. The summed E-state index contributed by atoms with van der Waals surface area (Å²) in [6.07, 6.45) is 15.3. The molecule has 0 bridgehead atoms. The first kappa shape index (κ1) is 21.7. The summed E-state index contributed by atoms with van der Waals surface area (Å²) in [7, 11) is 0. The molecule has 0 spiro atoms. The third-order valence-electron chi connectivity index (χ3n) is 5.04. The van der Waals surface area contributed by atoms with Gasteiger partial charge < -0.3 is 9.67 Å². The molecule has 0 fully saturated rings. The highest BCUT2D eigenvalue weighted by Gasteiger charge is 2.25. The molecule has 5 nitrogen and oxygen atoms in total. The van der Waals surface area contributed by atoms with Gasteiger partial charge >= 0.3 is 6.09 Å². The van der Waals surface area contributed by atoms with Gasteiger partial charge in [-0.15, -0.1) is 12.8 Å². The van der Waals surface area contributed by atoms with Crippen LogP contribution in [0.1, 0.15) is 38.2 Å². The molecule has 1 atom stereocenters. The van der Waals surface area contributed by atoms with Crippen molar-refractivity contribution in [3.05, 3.63) is 30.1 Å². The van der Waals surface area contributed by atoms with Crippen molar-refractivity contribution in [3.8, 4) is 24.7 Å². The SMILES string of the molecule is C#CCN(CCCC(C)(CCCS)Cn1cnc2ccc(C#C)cc21)C(=O)O. The highest BCUT2D eigenvalue weighted by Crippen LogP contribution is 2.33. The van der Waals surface area contributed by atoms with Gasteiger partial charge in [-0.05, 0) is 55.1 Å². The van der Waals surface area contributed by atoms with Gasteiger partial charge in [0.15, 0.2) is 0 Å². The number of aromatic nitrogens is 2. The molecular formula is C22H27N3O2S. The number of nitrogens with zero attached hydrogens (tertiary/aromatic N) is 3. The van der Waals surface area contributed by atoms with Crippen LogP contribution in [0.2, 0.25) is 0 Å². The molecule has 0 saturated carbocycles. The largest absolute Gasteiger partial charge is 0.465 e. The van der Waals surface area contributed by atoms with Crippen LogP contribution in [0.5, 0.6) is 0 Å². The van der Waals surface area contributed by atoms with Crippen molar-refractivity contribution in [1.82, 2.24) is 14.5 Å². The lowest BCUT2D eigenvalue weighted by molar-refractivity contribution is 0.145. The molecule has 28 heavy (non-hydrogen) atoms. The summed E-state index contributed by atoms with van der Waals surface area (Å²) in [5.74, 6) is 5.90. The summed E-state index contributed by atoms with van der Waals surface area (Å²) in [6, 6.07) is 5.82. The quantitative estimate of drug-likeness (QED) is 0.468. The van der Waals surface area contributed by atoms with Crippen molar-refractivity contribution in [2.24, 2.45) is 5.41 Å². The molecule has 0 aliphatic carbocycles. The standard InChI is InChI=1S/C22H27N3O2S/c1-4-12-24(21(26)27)13-6-10-22(3,11-7-14-28)16-25-17-23-19-9-8-18(5-2)15-20(19)25/h1-2,8-9,15,17,28H,6-7,10-14,16H2,3H3,(H,26,27). The van der Waals surface area contributed by atoms with E-state index in [0.29, 0.717) is 6.54 Å². The fourth-order valence-electron chi connectivity index (χ4n) is 3.52. The van der Waals surface area contributed by atoms with Gasteiger partial charge in [-0.2, -0.15) is 12.6 Å². The van der Waals surface area contributed by atoms with E-state index in [-0.39, 0.29) is 12.0 Å². The van der Waals surface area contributed by atoms with Gasteiger partial charge in [-0.1, -0.05) is 18.8 Å². The molecular weight excluding hydrogens is 370 g/mol. The van der Waals surface area contributed by atoms with E-state index in [4.69, 9.17) is 12.8 Å². The normalized spacial score (nSPS) is 12.9. The number of hydrogen-bond donors (Lipinski definition) is 2. The Balaban J connectivity index is 2.15. The first-order valence-electron chi connectivity index (χ1n) is 9.36. The molecule has 6 heteroatoms. The van der Waals surface area contributed by atoms with E-state index < -0.39 is 6.09 Å². The molecule has 1 heterocycles. The van der Waals surface area contributed by atoms with Crippen LogP contribution in [-0.2, 0) is 6.54 Å².